The lowest BCUT2D eigenvalue weighted by molar-refractivity contribution is 0.101. The predicted molar refractivity (Wildman–Crippen MR) is 52.7 cm³/mol. The number of halogens is 2. The van der Waals surface area contributed by atoms with Crippen molar-refractivity contribution in [3.8, 4) is 11.8 Å². The first-order valence-corrected chi connectivity index (χ1v) is 4.55. The summed E-state index contributed by atoms with van der Waals surface area (Å²) in [7, 11) is 1.31. The van der Waals surface area contributed by atoms with Gasteiger partial charge in [0.05, 0.1) is 24.1 Å². The maximum atomic E-state index is 13.6. The van der Waals surface area contributed by atoms with E-state index in [0.29, 0.717) is 0 Å². The van der Waals surface area contributed by atoms with Gasteiger partial charge in [-0.3, -0.25) is 4.79 Å². The lowest BCUT2D eigenvalue weighted by Gasteiger charge is -2.07. The summed E-state index contributed by atoms with van der Waals surface area (Å²) in [5, 5.41) is 8.59. The Balaban J connectivity index is 3.44. The van der Waals surface area contributed by atoms with E-state index in [1.165, 1.54) is 19.2 Å². The van der Waals surface area contributed by atoms with E-state index < -0.39 is 11.6 Å². The minimum absolute atomic E-state index is 0.0807. The molecule has 0 unspecified atom stereocenters. The highest BCUT2D eigenvalue weighted by atomic mass is 35.5. The Morgan fingerprint density at radius 2 is 2.33 bits per heavy atom. The Labute approximate surface area is 91.0 Å². The second-order valence-electron chi connectivity index (χ2n) is 2.67. The van der Waals surface area contributed by atoms with Crippen molar-refractivity contribution in [1.29, 1.82) is 5.26 Å². The molecule has 0 aliphatic carbocycles. The van der Waals surface area contributed by atoms with Crippen molar-refractivity contribution in [1.82, 2.24) is 0 Å². The fourth-order valence-electron chi connectivity index (χ4n) is 1.14. The zero-order chi connectivity index (χ0) is 11.4. The van der Waals surface area contributed by atoms with Crippen LogP contribution in [0.3, 0.4) is 0 Å². The normalized spacial score (nSPS) is 9.47. The van der Waals surface area contributed by atoms with Gasteiger partial charge < -0.3 is 4.74 Å². The number of ether oxygens (including phenoxy) is 1. The fraction of sp³-hybridized carbons (Fsp3) is 0.200. The smallest absolute Gasteiger partial charge is 0.184 e. The summed E-state index contributed by atoms with van der Waals surface area (Å²) in [6, 6.07) is 4.25. The molecule has 1 aromatic carbocycles. The Morgan fingerprint density at radius 3 is 2.80 bits per heavy atom. The minimum Gasteiger partial charge on any atom is -0.496 e. The van der Waals surface area contributed by atoms with Crippen molar-refractivity contribution in [2.45, 2.75) is 0 Å². The first-order chi connectivity index (χ1) is 7.15. The van der Waals surface area contributed by atoms with E-state index in [9.17, 15) is 9.18 Å². The number of hydrogen-bond donors (Lipinski definition) is 0. The number of alkyl halides is 1. The zero-order valence-electron chi connectivity index (χ0n) is 7.88. The summed E-state index contributed by atoms with van der Waals surface area (Å²) in [6.07, 6.45) is 0. The number of nitrogens with zero attached hydrogens (tertiary/aromatic N) is 1. The molecule has 5 heteroatoms. The molecule has 0 aliphatic heterocycles. The molecule has 0 saturated carbocycles. The quantitative estimate of drug-likeness (QED) is 0.587. The molecule has 15 heavy (non-hydrogen) atoms. The number of rotatable bonds is 3. The number of benzene rings is 1. The summed E-state index contributed by atoms with van der Waals surface area (Å²) in [5.41, 5.74) is -0.476. The number of Topliss-reactive ketones (excluding diaryl/α,β-unsaturated/α-hetero) is 1. The van der Waals surface area contributed by atoms with Crippen LogP contribution in [-0.4, -0.2) is 18.8 Å². The largest absolute Gasteiger partial charge is 0.496 e. The molecule has 0 aromatic heterocycles. The molecule has 0 aliphatic rings. The third-order valence-electron chi connectivity index (χ3n) is 1.84. The van der Waals surface area contributed by atoms with Crippen LogP contribution in [0.4, 0.5) is 4.39 Å². The Kier molecular flexibility index (Phi) is 3.64. The fourth-order valence-corrected chi connectivity index (χ4v) is 1.28. The van der Waals surface area contributed by atoms with Gasteiger partial charge >= 0.3 is 0 Å². The monoisotopic (exact) mass is 227 g/mol. The average molecular weight is 228 g/mol. The molecule has 0 atom stereocenters. The van der Waals surface area contributed by atoms with Crippen molar-refractivity contribution >= 4 is 17.4 Å². The van der Waals surface area contributed by atoms with Gasteiger partial charge in [0.1, 0.15) is 11.8 Å². The van der Waals surface area contributed by atoms with Crippen LogP contribution < -0.4 is 4.74 Å². The van der Waals surface area contributed by atoms with Gasteiger partial charge in [0.25, 0.3) is 0 Å². The third-order valence-corrected chi connectivity index (χ3v) is 2.09. The van der Waals surface area contributed by atoms with Gasteiger partial charge in [0.2, 0.25) is 0 Å². The number of carbonyl (C=O) groups excluding carboxylic acids is 1. The highest BCUT2D eigenvalue weighted by Gasteiger charge is 2.19. The summed E-state index contributed by atoms with van der Waals surface area (Å²) in [4.78, 5) is 11.3. The Morgan fingerprint density at radius 1 is 1.67 bits per heavy atom. The second-order valence-corrected chi connectivity index (χ2v) is 2.94. The molecule has 0 heterocycles. The van der Waals surface area contributed by atoms with Gasteiger partial charge in [-0.15, -0.1) is 11.6 Å². The van der Waals surface area contributed by atoms with Gasteiger partial charge in [-0.1, -0.05) is 0 Å². The van der Waals surface area contributed by atoms with Crippen molar-refractivity contribution in [3.05, 3.63) is 29.1 Å². The summed E-state index contributed by atoms with van der Waals surface area (Å²) >= 11 is 5.33. The molecule has 0 radical (unpaired) electrons. The van der Waals surface area contributed by atoms with E-state index in [4.69, 9.17) is 21.6 Å². The molecule has 0 amide bonds. The van der Waals surface area contributed by atoms with Crippen molar-refractivity contribution < 1.29 is 13.9 Å². The number of ketones is 1. The van der Waals surface area contributed by atoms with E-state index in [0.717, 1.165) is 0 Å². The molecule has 0 N–H and O–H groups in total. The molecular formula is C10H7ClFNO2. The maximum Gasteiger partial charge on any atom is 0.184 e. The van der Waals surface area contributed by atoms with Gasteiger partial charge in [-0.25, -0.2) is 4.39 Å². The molecule has 0 fully saturated rings. The van der Waals surface area contributed by atoms with Crippen LogP contribution in [-0.2, 0) is 0 Å². The highest BCUT2D eigenvalue weighted by Crippen LogP contribution is 2.24. The van der Waals surface area contributed by atoms with Gasteiger partial charge in [0.15, 0.2) is 11.6 Å². The van der Waals surface area contributed by atoms with Crippen LogP contribution in [0.15, 0.2) is 12.1 Å². The summed E-state index contributed by atoms with van der Waals surface area (Å²) in [5.74, 6) is -1.77. The number of methoxy groups -OCH3 is 1. The Bertz CT molecular complexity index is 440. The first kappa shape index (κ1) is 11.5. The van der Waals surface area contributed by atoms with Crippen LogP contribution in [0.25, 0.3) is 0 Å². The molecule has 0 saturated heterocycles. The number of carbonyl (C=O) groups is 1. The van der Waals surface area contributed by atoms with Crippen LogP contribution in [0.1, 0.15) is 15.9 Å². The Hall–Kier alpha value is -1.60. The van der Waals surface area contributed by atoms with Crippen molar-refractivity contribution in [2.24, 2.45) is 0 Å². The summed E-state index contributed by atoms with van der Waals surface area (Å²) < 4.78 is 18.4. The van der Waals surface area contributed by atoms with Gasteiger partial charge in [0, 0.05) is 0 Å². The molecule has 0 bridgehead atoms. The molecule has 3 nitrogen and oxygen atoms in total. The van der Waals surface area contributed by atoms with Gasteiger partial charge in [-0.2, -0.15) is 5.26 Å². The molecule has 1 rings (SSSR count). The van der Waals surface area contributed by atoms with Crippen molar-refractivity contribution in [3.63, 3.8) is 0 Å². The maximum absolute atomic E-state index is 13.6. The van der Waals surface area contributed by atoms with E-state index in [1.54, 1.807) is 6.07 Å². The highest BCUT2D eigenvalue weighted by molar-refractivity contribution is 6.30. The topological polar surface area (TPSA) is 50.1 Å². The molecular weight excluding hydrogens is 221 g/mol. The molecule has 78 valence electrons. The molecule has 1 aromatic rings. The number of nitriles is 1. The first-order valence-electron chi connectivity index (χ1n) is 4.01. The van der Waals surface area contributed by atoms with Gasteiger partial charge in [-0.05, 0) is 12.1 Å². The number of hydrogen-bond acceptors (Lipinski definition) is 3. The van der Waals surface area contributed by atoms with E-state index in [1.807, 2.05) is 0 Å². The SMILES string of the molecule is COc1ccc(C#N)c(F)c1C(=O)CCl. The predicted octanol–water partition coefficient (Wildman–Crippen LogP) is 2.13. The van der Waals surface area contributed by atoms with Crippen LogP contribution in [0, 0.1) is 17.1 Å². The summed E-state index contributed by atoms with van der Waals surface area (Å²) in [6.45, 7) is 0. The second kappa shape index (κ2) is 4.76. The van der Waals surface area contributed by atoms with Crippen molar-refractivity contribution in [2.75, 3.05) is 13.0 Å². The van der Waals surface area contributed by atoms with E-state index in [-0.39, 0.29) is 22.8 Å². The standard InChI is InChI=1S/C10H7ClFNO2/c1-15-8-3-2-6(5-13)10(12)9(8)7(14)4-11/h2-3H,4H2,1H3. The third kappa shape index (κ3) is 2.08. The lowest BCUT2D eigenvalue weighted by Crippen LogP contribution is -2.08. The lowest BCUT2D eigenvalue weighted by atomic mass is 10.1. The van der Waals surface area contributed by atoms with E-state index in [2.05, 4.69) is 0 Å². The molecule has 0 spiro atoms. The average Bonchev–Trinajstić information content (AvgIpc) is 2.27. The zero-order valence-corrected chi connectivity index (χ0v) is 8.64. The van der Waals surface area contributed by atoms with Crippen LogP contribution in [0.2, 0.25) is 0 Å². The minimum atomic E-state index is -0.887. The van der Waals surface area contributed by atoms with Crippen LogP contribution >= 0.6 is 11.6 Å². The van der Waals surface area contributed by atoms with Crippen LogP contribution in [0.5, 0.6) is 5.75 Å². The van der Waals surface area contributed by atoms with E-state index >= 15 is 0 Å².